The van der Waals surface area contributed by atoms with E-state index in [0.717, 1.165) is 54.6 Å². The number of hydrogen-bond donors (Lipinski definition) is 2. The molecule has 7 rings (SSSR count). The van der Waals surface area contributed by atoms with Crippen LogP contribution in [0.25, 0.3) is 16.7 Å². The molecule has 0 amide bonds. The van der Waals surface area contributed by atoms with Crippen LogP contribution in [0.2, 0.25) is 0 Å². The highest BCUT2D eigenvalue weighted by atomic mass is 16.4. The summed E-state index contributed by atoms with van der Waals surface area (Å²) in [5.74, 6) is 0.425. The van der Waals surface area contributed by atoms with E-state index < -0.39 is 17.4 Å². The van der Waals surface area contributed by atoms with Crippen LogP contribution in [0.5, 0.6) is 0 Å². The van der Waals surface area contributed by atoms with Crippen LogP contribution in [0.4, 0.5) is 0 Å². The van der Waals surface area contributed by atoms with Gasteiger partial charge in [-0.1, -0.05) is 61.9 Å². The number of aliphatic carboxylic acids is 1. The summed E-state index contributed by atoms with van der Waals surface area (Å²) in [4.78, 5) is 21.1. The molecular formula is C35H39N5O5. The number of nitrogens with zero attached hydrogens (tertiary/aromatic N) is 5. The van der Waals surface area contributed by atoms with Gasteiger partial charge in [-0.05, 0) is 67.1 Å². The molecule has 10 heteroatoms. The van der Waals surface area contributed by atoms with Crippen molar-refractivity contribution in [3.63, 3.8) is 0 Å². The molecule has 2 unspecified atom stereocenters. The van der Waals surface area contributed by atoms with Crippen LogP contribution in [0.3, 0.4) is 0 Å². The molecule has 0 radical (unpaired) electrons. The summed E-state index contributed by atoms with van der Waals surface area (Å²) in [6, 6.07) is 13.8. The molecule has 2 saturated heterocycles. The topological polar surface area (TPSA) is 129 Å². The summed E-state index contributed by atoms with van der Waals surface area (Å²) in [5.41, 5.74) is 4.78. The molecule has 4 atom stereocenters. The molecule has 2 aromatic carbocycles. The number of aromatic nitrogens is 3. The number of benzene rings is 2. The van der Waals surface area contributed by atoms with E-state index in [2.05, 4.69) is 47.2 Å². The predicted molar refractivity (Wildman–Crippen MR) is 168 cm³/mol. The lowest BCUT2D eigenvalue weighted by Gasteiger charge is -2.35. The van der Waals surface area contributed by atoms with E-state index in [1.165, 1.54) is 0 Å². The largest absolute Gasteiger partial charge is 0.480 e. The Hall–Kier alpha value is -4.12. The third-order valence-electron chi connectivity index (χ3n) is 9.76. The van der Waals surface area contributed by atoms with E-state index in [4.69, 9.17) is 13.8 Å². The Labute approximate surface area is 262 Å². The van der Waals surface area contributed by atoms with E-state index in [-0.39, 0.29) is 12.0 Å². The maximum absolute atomic E-state index is 11.9. The number of aliphatic hydroxyl groups excluding tert-OH is 1. The molecule has 234 valence electrons. The van der Waals surface area contributed by atoms with Gasteiger partial charge in [0.15, 0.2) is 5.58 Å². The Bertz CT molecular complexity index is 1770. The summed E-state index contributed by atoms with van der Waals surface area (Å²) in [6.45, 7) is 7.37. The summed E-state index contributed by atoms with van der Waals surface area (Å²) in [6.07, 6.45) is 9.19. The van der Waals surface area contributed by atoms with E-state index in [0.29, 0.717) is 54.8 Å². The number of β-amino-alcohol motifs (C(OH)–C–C–N with tert-alkyl or cyclic N) is 1. The summed E-state index contributed by atoms with van der Waals surface area (Å²) >= 11 is 0. The van der Waals surface area contributed by atoms with Crippen molar-refractivity contribution in [2.24, 2.45) is 5.92 Å². The van der Waals surface area contributed by atoms with Gasteiger partial charge < -0.3 is 19.0 Å². The van der Waals surface area contributed by atoms with Gasteiger partial charge >= 0.3 is 5.97 Å². The third kappa shape index (κ3) is 5.51. The lowest BCUT2D eigenvalue weighted by molar-refractivity contribution is -0.144. The van der Waals surface area contributed by atoms with Gasteiger partial charge in [-0.15, -0.1) is 10.2 Å². The number of aliphatic hydroxyl groups is 1. The Balaban J connectivity index is 1.27. The zero-order valence-electron chi connectivity index (χ0n) is 25.7. The highest BCUT2D eigenvalue weighted by molar-refractivity contribution is 5.77. The molecule has 4 heterocycles. The van der Waals surface area contributed by atoms with Crippen molar-refractivity contribution in [1.82, 2.24) is 25.0 Å². The summed E-state index contributed by atoms with van der Waals surface area (Å²) in [7, 11) is 0. The molecule has 4 aromatic rings. The minimum Gasteiger partial charge on any atom is -0.480 e. The lowest BCUT2D eigenvalue weighted by atomic mass is 9.67. The first-order valence-electron chi connectivity index (χ1n) is 15.9. The maximum Gasteiger partial charge on any atom is 0.320 e. The molecule has 2 fully saturated rings. The Morgan fingerprint density at radius 2 is 1.91 bits per heavy atom. The first-order valence-corrected chi connectivity index (χ1v) is 15.9. The zero-order chi connectivity index (χ0) is 31.1. The van der Waals surface area contributed by atoms with Crippen LogP contribution >= 0.6 is 0 Å². The van der Waals surface area contributed by atoms with Crippen molar-refractivity contribution in [3.8, 4) is 0 Å². The average Bonchev–Trinajstić information content (AvgIpc) is 3.78. The molecule has 0 bridgehead atoms. The number of piperidine rings is 1. The molecule has 45 heavy (non-hydrogen) atoms. The number of rotatable bonds is 8. The van der Waals surface area contributed by atoms with Crippen molar-refractivity contribution >= 4 is 22.6 Å². The Morgan fingerprint density at radius 3 is 2.71 bits per heavy atom. The van der Waals surface area contributed by atoms with Gasteiger partial charge in [0.05, 0.1) is 12.6 Å². The first-order chi connectivity index (χ1) is 21.8. The fourth-order valence-electron chi connectivity index (χ4n) is 7.24. The lowest BCUT2D eigenvalue weighted by Crippen LogP contribution is -2.43. The number of hydrogen-bond acceptors (Lipinski definition) is 9. The quantitative estimate of drug-likeness (QED) is 0.278. The SMILES string of the molecule is Cc1ccccc1C1=CC=CC(c2nnc(CN3CC[C@@H](O)C3)o2)(c2nc3cc(CN4CCCC[C@H]4C(=O)O)ccc3o2)C1C. The van der Waals surface area contributed by atoms with Gasteiger partial charge in [0.25, 0.3) is 0 Å². The predicted octanol–water partition coefficient (Wildman–Crippen LogP) is 5.10. The molecule has 10 nitrogen and oxygen atoms in total. The van der Waals surface area contributed by atoms with Crippen molar-refractivity contribution < 1.29 is 23.8 Å². The van der Waals surface area contributed by atoms with Gasteiger partial charge in [-0.25, -0.2) is 4.98 Å². The van der Waals surface area contributed by atoms with E-state index in [9.17, 15) is 15.0 Å². The van der Waals surface area contributed by atoms with Gasteiger partial charge in [0.2, 0.25) is 17.7 Å². The number of allylic oxidation sites excluding steroid dienone is 4. The summed E-state index contributed by atoms with van der Waals surface area (Å²) < 4.78 is 13.0. The molecule has 2 N–H and O–H groups in total. The number of fused-ring (bicyclic) bond motifs is 1. The average molecular weight is 610 g/mol. The minimum absolute atomic E-state index is 0.164. The van der Waals surface area contributed by atoms with Crippen LogP contribution in [0.1, 0.15) is 67.0 Å². The van der Waals surface area contributed by atoms with Gasteiger partial charge in [0.1, 0.15) is 17.0 Å². The number of likely N-dealkylation sites (tertiary alicyclic amines) is 2. The molecular weight excluding hydrogens is 570 g/mol. The number of oxazole rings is 1. The Kier molecular flexibility index (Phi) is 7.89. The third-order valence-corrected chi connectivity index (χ3v) is 9.76. The van der Waals surface area contributed by atoms with Crippen LogP contribution in [0.15, 0.2) is 69.5 Å². The monoisotopic (exact) mass is 609 g/mol. The number of carbonyl (C=O) groups is 1. The van der Waals surface area contributed by atoms with Crippen LogP contribution in [-0.2, 0) is 23.3 Å². The summed E-state index contributed by atoms with van der Waals surface area (Å²) in [5, 5.41) is 28.8. The van der Waals surface area contributed by atoms with Crippen LogP contribution < -0.4 is 0 Å². The van der Waals surface area contributed by atoms with E-state index >= 15 is 0 Å². The first kappa shape index (κ1) is 29.6. The highest BCUT2D eigenvalue weighted by Gasteiger charge is 2.50. The fourth-order valence-corrected chi connectivity index (χ4v) is 7.24. The Morgan fingerprint density at radius 1 is 1.04 bits per heavy atom. The van der Waals surface area contributed by atoms with Crippen molar-refractivity contribution in [2.45, 2.75) is 70.2 Å². The second kappa shape index (κ2) is 12.0. The fraction of sp³-hybridized carbons (Fsp3) is 0.429. The minimum atomic E-state index is -0.970. The van der Waals surface area contributed by atoms with E-state index in [1.54, 1.807) is 0 Å². The standard InChI is InChI=1S/C35H39N5O5/c1-22-8-3-4-9-26(22)27-10-7-15-35(23(27)2,34-38-37-31(45-34)21-39-17-14-25(41)20-39)33-36-28-18-24(12-13-30(28)44-33)19-40-16-6-5-11-29(40)32(42)43/h3-4,7-10,12-13,15,18,23,25,29,41H,5-6,11,14,16-17,19-21H2,1-2H3,(H,42,43)/t23?,25-,29+,35?/m1/s1. The van der Waals surface area contributed by atoms with E-state index in [1.807, 2.05) is 47.4 Å². The van der Waals surface area contributed by atoms with Gasteiger partial charge in [-0.3, -0.25) is 14.6 Å². The normalized spacial score (nSPS) is 26.0. The number of carboxylic acids is 1. The second-order valence-corrected chi connectivity index (χ2v) is 12.7. The second-order valence-electron chi connectivity index (χ2n) is 12.7. The van der Waals surface area contributed by atoms with Gasteiger partial charge in [-0.2, -0.15) is 0 Å². The van der Waals surface area contributed by atoms with Crippen molar-refractivity contribution in [3.05, 3.63) is 95.1 Å². The molecule has 2 aromatic heterocycles. The smallest absolute Gasteiger partial charge is 0.320 e. The molecule has 2 aliphatic heterocycles. The van der Waals surface area contributed by atoms with Crippen molar-refractivity contribution in [1.29, 1.82) is 0 Å². The number of aryl methyl sites for hydroxylation is 1. The van der Waals surface area contributed by atoms with Crippen molar-refractivity contribution in [2.75, 3.05) is 19.6 Å². The zero-order valence-corrected chi connectivity index (χ0v) is 25.7. The molecule has 0 spiro atoms. The molecule has 0 saturated carbocycles. The highest BCUT2D eigenvalue weighted by Crippen LogP contribution is 2.49. The van der Waals surface area contributed by atoms with Crippen LogP contribution in [0, 0.1) is 12.8 Å². The maximum atomic E-state index is 11.9. The molecule has 1 aliphatic carbocycles. The number of carboxylic acid groups (broad SMARTS) is 1. The molecule has 3 aliphatic rings. The van der Waals surface area contributed by atoms with Gasteiger partial charge in [0, 0.05) is 25.6 Å². The van der Waals surface area contributed by atoms with Crippen LogP contribution in [-0.4, -0.2) is 72.9 Å².